The Labute approximate surface area is 282 Å². The highest BCUT2D eigenvalue weighted by atomic mass is 32.2. The summed E-state index contributed by atoms with van der Waals surface area (Å²) in [7, 11) is -3.11. The fourth-order valence-electron chi connectivity index (χ4n) is 4.71. The van der Waals surface area contributed by atoms with Crippen molar-refractivity contribution in [2.24, 2.45) is 5.28 Å². The summed E-state index contributed by atoms with van der Waals surface area (Å²) < 4.78 is 73.7. The zero-order chi connectivity index (χ0) is 36.2. The summed E-state index contributed by atoms with van der Waals surface area (Å²) >= 11 is 0. The number of amides is 3. The number of hydrogen-bond donors (Lipinski definition) is 1. The van der Waals surface area contributed by atoms with E-state index in [2.05, 4.69) is 10.4 Å². The van der Waals surface area contributed by atoms with Gasteiger partial charge in [0.25, 0.3) is 21.8 Å². The van der Waals surface area contributed by atoms with Crippen molar-refractivity contribution in [3.8, 4) is 16.9 Å². The standard InChI is InChI=1S/C31H28F3N7O8S/c1-20-8-10-21(11-9-20)26-18-27(31(32,33)34)35-40(26)22-12-14-23(15-13-22)50(46,47)36-30(44)48-17-5-16-38(2)41(45)37-49-19-39-28(42)24-6-3-4-7-25(24)29(39)43/h3-4,6-15,18H,5,16-17,19H2,1-2H3,(H,36,44)/b41-37-. The molecule has 19 heteroatoms. The van der Waals surface area contributed by atoms with Crippen LogP contribution in [-0.2, 0) is 25.8 Å². The minimum absolute atomic E-state index is 0.0288. The molecule has 3 amide bonds. The number of rotatable bonds is 12. The van der Waals surface area contributed by atoms with Crippen LogP contribution < -0.4 is 4.72 Å². The highest BCUT2D eigenvalue weighted by Crippen LogP contribution is 2.33. The summed E-state index contributed by atoms with van der Waals surface area (Å²) in [6.45, 7) is 0.889. The fourth-order valence-corrected chi connectivity index (χ4v) is 5.60. The molecule has 1 aliphatic heterocycles. The summed E-state index contributed by atoms with van der Waals surface area (Å²) in [4.78, 5) is 42.2. The molecule has 4 aromatic rings. The molecule has 5 rings (SSSR count). The summed E-state index contributed by atoms with van der Waals surface area (Å²) in [5, 5.41) is 20.1. The number of imide groups is 1. The molecule has 2 heterocycles. The molecule has 0 saturated heterocycles. The van der Waals surface area contributed by atoms with Crippen molar-refractivity contribution in [2.45, 2.75) is 24.4 Å². The Hall–Kier alpha value is -5.98. The van der Waals surface area contributed by atoms with E-state index < -0.39 is 46.5 Å². The Kier molecular flexibility index (Phi) is 10.1. The Morgan fingerprint density at radius 1 is 1.02 bits per heavy atom. The van der Waals surface area contributed by atoms with Crippen molar-refractivity contribution in [1.82, 2.24) is 24.4 Å². The van der Waals surface area contributed by atoms with Gasteiger partial charge in [-0.2, -0.15) is 18.3 Å². The molecule has 0 spiro atoms. The molecule has 1 N–H and O–H groups in total. The predicted octanol–water partition coefficient (Wildman–Crippen LogP) is 4.67. The van der Waals surface area contributed by atoms with E-state index in [0.29, 0.717) is 5.56 Å². The van der Waals surface area contributed by atoms with Crippen LogP contribution in [0.25, 0.3) is 16.9 Å². The van der Waals surface area contributed by atoms with Crippen LogP contribution in [0, 0.1) is 12.1 Å². The maximum Gasteiger partial charge on any atom is 0.435 e. The van der Waals surface area contributed by atoms with Gasteiger partial charge in [-0.05, 0) is 49.4 Å². The third-order valence-electron chi connectivity index (χ3n) is 7.30. The maximum atomic E-state index is 13.5. The summed E-state index contributed by atoms with van der Waals surface area (Å²) in [6, 6.07) is 18.5. The van der Waals surface area contributed by atoms with E-state index in [1.165, 1.54) is 31.3 Å². The van der Waals surface area contributed by atoms with Gasteiger partial charge in [0.15, 0.2) is 5.69 Å². The maximum absolute atomic E-state index is 13.5. The van der Waals surface area contributed by atoms with E-state index in [1.807, 2.05) is 6.92 Å². The van der Waals surface area contributed by atoms with Gasteiger partial charge < -0.3 is 14.8 Å². The number of ether oxygens (including phenoxy) is 1. The molecular weight excluding hydrogens is 687 g/mol. The van der Waals surface area contributed by atoms with Gasteiger partial charge in [-0.3, -0.25) is 9.59 Å². The zero-order valence-electron chi connectivity index (χ0n) is 26.3. The lowest BCUT2D eigenvalue weighted by atomic mass is 10.1. The number of aryl methyl sites for hydroxylation is 1. The largest absolute Gasteiger partial charge is 0.569 e. The Morgan fingerprint density at radius 3 is 2.24 bits per heavy atom. The van der Waals surface area contributed by atoms with Gasteiger partial charge in [-0.25, -0.2) is 27.5 Å². The summed E-state index contributed by atoms with van der Waals surface area (Å²) in [5.41, 5.74) is 0.891. The highest BCUT2D eigenvalue weighted by Gasteiger charge is 2.36. The number of carbonyl (C=O) groups is 3. The normalized spacial score (nSPS) is 13.3. The van der Waals surface area contributed by atoms with Crippen molar-refractivity contribution in [1.29, 1.82) is 0 Å². The van der Waals surface area contributed by atoms with Crippen molar-refractivity contribution in [3.05, 3.63) is 106 Å². The number of hydrogen-bond acceptors (Lipinski definition) is 10. The summed E-state index contributed by atoms with van der Waals surface area (Å²) in [6.07, 6.45) is -5.98. The molecule has 0 atom stereocenters. The zero-order valence-corrected chi connectivity index (χ0v) is 27.1. The van der Waals surface area contributed by atoms with Crippen LogP contribution in [0.3, 0.4) is 0 Å². The number of carbonyl (C=O) groups excluding carboxylic acids is 3. The molecule has 1 aliphatic rings. The highest BCUT2D eigenvalue weighted by molar-refractivity contribution is 7.90. The molecule has 1 aromatic heterocycles. The fraction of sp³-hybridized carbons (Fsp3) is 0.226. The van der Waals surface area contributed by atoms with Gasteiger partial charge in [0.05, 0.1) is 52.6 Å². The number of benzene rings is 3. The first-order valence-electron chi connectivity index (χ1n) is 14.7. The van der Waals surface area contributed by atoms with E-state index in [-0.39, 0.29) is 51.9 Å². The monoisotopic (exact) mass is 715 g/mol. The molecule has 15 nitrogen and oxygen atoms in total. The van der Waals surface area contributed by atoms with Crippen molar-refractivity contribution in [3.63, 3.8) is 0 Å². The molecule has 0 unspecified atom stereocenters. The number of fused-ring (bicyclic) bond motifs is 1. The average Bonchev–Trinajstić information content (AvgIpc) is 3.63. The van der Waals surface area contributed by atoms with Crippen molar-refractivity contribution < 1.29 is 50.5 Å². The predicted molar refractivity (Wildman–Crippen MR) is 167 cm³/mol. The minimum Gasteiger partial charge on any atom is -0.569 e. The number of aromatic nitrogens is 2. The van der Waals surface area contributed by atoms with Crippen molar-refractivity contribution >= 4 is 27.9 Å². The molecule has 3 aromatic carbocycles. The van der Waals surface area contributed by atoms with E-state index in [0.717, 1.165) is 38.4 Å². The number of alkyl halides is 3. The Balaban J connectivity index is 1.11. The third kappa shape index (κ3) is 7.83. The molecule has 0 fully saturated rings. The first kappa shape index (κ1) is 35.3. The number of sulfonamides is 1. The molecule has 0 radical (unpaired) electrons. The second-order valence-electron chi connectivity index (χ2n) is 10.8. The first-order valence-corrected chi connectivity index (χ1v) is 16.1. The lowest BCUT2D eigenvalue weighted by molar-refractivity contribution is -0.705. The second kappa shape index (κ2) is 14.2. The molecule has 0 bridgehead atoms. The smallest absolute Gasteiger partial charge is 0.435 e. The van der Waals surface area contributed by atoms with Crippen LogP contribution in [0.4, 0.5) is 18.0 Å². The van der Waals surface area contributed by atoms with Gasteiger partial charge in [-0.15, -0.1) is 5.01 Å². The van der Waals surface area contributed by atoms with Crippen LogP contribution in [0.5, 0.6) is 0 Å². The van der Waals surface area contributed by atoms with Gasteiger partial charge in [0, 0.05) is 12.0 Å². The lowest BCUT2D eigenvalue weighted by Crippen LogP contribution is -2.33. The molecular formula is C31H28F3N7O8S. The number of nitrogens with zero attached hydrogens (tertiary/aromatic N) is 6. The van der Waals surface area contributed by atoms with E-state index in [4.69, 9.17) is 9.57 Å². The number of halogens is 3. The Morgan fingerprint density at radius 2 is 1.64 bits per heavy atom. The quantitative estimate of drug-likeness (QED) is 0.0713. The average molecular weight is 716 g/mol. The lowest BCUT2D eigenvalue weighted by Gasteiger charge is -2.14. The van der Waals surface area contributed by atoms with Gasteiger partial charge >= 0.3 is 12.3 Å². The minimum atomic E-state index is -4.72. The molecule has 0 aliphatic carbocycles. The third-order valence-corrected chi connectivity index (χ3v) is 8.63. The first-order chi connectivity index (χ1) is 23.7. The molecule has 0 saturated carbocycles. The second-order valence-corrected chi connectivity index (χ2v) is 12.5. The van der Waals surface area contributed by atoms with Crippen LogP contribution >= 0.6 is 0 Å². The van der Waals surface area contributed by atoms with Crippen LogP contribution in [0.1, 0.15) is 38.4 Å². The van der Waals surface area contributed by atoms with Crippen LogP contribution in [-0.4, -0.2) is 77.9 Å². The van der Waals surface area contributed by atoms with E-state index in [9.17, 15) is 41.2 Å². The number of hydrazine groups is 1. The topological polar surface area (TPSA) is 179 Å². The van der Waals surface area contributed by atoms with Gasteiger partial charge in [0.2, 0.25) is 12.0 Å². The van der Waals surface area contributed by atoms with Gasteiger partial charge in [-0.1, -0.05) is 42.0 Å². The SMILES string of the molecule is Cc1ccc(-c2cc(C(F)(F)F)nn2-c2ccc(S(=O)(=O)NC(=O)OCCCN(C)/[N+]([O-])=N/OCN3C(=O)c4ccccc4C3=O)cc2)cc1. The molecule has 262 valence electrons. The van der Waals surface area contributed by atoms with Crippen LogP contribution in [0.2, 0.25) is 0 Å². The summed E-state index contributed by atoms with van der Waals surface area (Å²) in [5.74, 6) is -1.18. The van der Waals surface area contributed by atoms with E-state index >= 15 is 0 Å². The molecule has 50 heavy (non-hydrogen) atoms. The number of nitrogens with one attached hydrogen (secondary N) is 1. The van der Waals surface area contributed by atoms with Crippen molar-refractivity contribution in [2.75, 3.05) is 26.9 Å². The van der Waals surface area contributed by atoms with E-state index in [1.54, 1.807) is 41.1 Å². The van der Waals surface area contributed by atoms with Gasteiger partial charge in [0.1, 0.15) is 0 Å². The van der Waals surface area contributed by atoms with Crippen LogP contribution in [0.15, 0.2) is 89.0 Å². The Bertz CT molecular complexity index is 2020.